The Bertz CT molecular complexity index is 1150. The number of aromatic nitrogens is 1. The van der Waals surface area contributed by atoms with Crippen LogP contribution >= 0.6 is 11.3 Å². The smallest absolute Gasteiger partial charge is 0.257 e. The molecule has 0 spiro atoms. The largest absolute Gasteiger partial charge is 0.298 e. The van der Waals surface area contributed by atoms with Gasteiger partial charge in [0.2, 0.25) is 10.0 Å². The summed E-state index contributed by atoms with van der Waals surface area (Å²) in [6.07, 6.45) is 1.07. The van der Waals surface area contributed by atoms with E-state index in [0.717, 1.165) is 28.6 Å². The van der Waals surface area contributed by atoms with Gasteiger partial charge in [0.25, 0.3) is 5.91 Å². The van der Waals surface area contributed by atoms with Crippen molar-refractivity contribution in [2.75, 3.05) is 16.3 Å². The molecule has 0 saturated heterocycles. The van der Waals surface area contributed by atoms with Crippen molar-refractivity contribution in [3.8, 4) is 11.3 Å². The maximum atomic E-state index is 12.6. The van der Waals surface area contributed by atoms with E-state index in [1.165, 1.54) is 23.0 Å². The van der Waals surface area contributed by atoms with E-state index in [4.69, 9.17) is 0 Å². The summed E-state index contributed by atoms with van der Waals surface area (Å²) in [5.41, 5.74) is 5.60. The van der Waals surface area contributed by atoms with Crippen LogP contribution in [0.15, 0.2) is 41.8 Å². The number of carbonyl (C=O) groups is 1. The molecule has 0 saturated carbocycles. The minimum atomic E-state index is -3.43. The van der Waals surface area contributed by atoms with Gasteiger partial charge in [-0.05, 0) is 44.0 Å². The summed E-state index contributed by atoms with van der Waals surface area (Å²) in [7, 11) is -3.43. The van der Waals surface area contributed by atoms with Crippen LogP contribution in [0.1, 0.15) is 27.0 Å². The van der Waals surface area contributed by atoms with Gasteiger partial charge < -0.3 is 0 Å². The second kappa shape index (κ2) is 7.73. The molecule has 146 valence electrons. The Balaban J connectivity index is 1.80. The number of benzene rings is 2. The third-order valence-corrected chi connectivity index (χ3v) is 5.53. The maximum Gasteiger partial charge on any atom is 0.257 e. The molecule has 8 heteroatoms. The van der Waals surface area contributed by atoms with Gasteiger partial charge in [0.1, 0.15) is 0 Å². The molecule has 3 aromatic rings. The van der Waals surface area contributed by atoms with Crippen molar-refractivity contribution in [2.24, 2.45) is 0 Å². The van der Waals surface area contributed by atoms with Crippen LogP contribution in [0.4, 0.5) is 10.8 Å². The minimum Gasteiger partial charge on any atom is -0.298 e. The fourth-order valence-electron chi connectivity index (χ4n) is 2.80. The maximum absolute atomic E-state index is 12.6. The number of carbonyl (C=O) groups excluding carboxylic acids is 1. The van der Waals surface area contributed by atoms with Crippen LogP contribution in [0, 0.1) is 20.8 Å². The second-order valence-electron chi connectivity index (χ2n) is 6.71. The van der Waals surface area contributed by atoms with Crippen molar-refractivity contribution < 1.29 is 13.2 Å². The van der Waals surface area contributed by atoms with Crippen molar-refractivity contribution in [3.05, 3.63) is 64.0 Å². The first-order chi connectivity index (χ1) is 13.1. The zero-order chi connectivity index (χ0) is 20.5. The van der Waals surface area contributed by atoms with E-state index in [1.807, 2.05) is 31.4 Å². The molecule has 2 N–H and O–H groups in total. The molecular weight excluding hydrogens is 394 g/mol. The summed E-state index contributed by atoms with van der Waals surface area (Å²) in [4.78, 5) is 17.1. The number of thiazole rings is 1. The summed E-state index contributed by atoms with van der Waals surface area (Å²) in [5.74, 6) is -0.349. The molecule has 6 nitrogen and oxygen atoms in total. The molecule has 0 bridgehead atoms. The molecule has 1 aromatic heterocycles. The number of aryl methyl sites for hydroxylation is 3. The molecule has 1 amide bonds. The number of hydrogen-bond acceptors (Lipinski definition) is 5. The first-order valence-electron chi connectivity index (χ1n) is 8.55. The number of anilines is 2. The molecule has 0 fully saturated rings. The molecule has 3 rings (SSSR count). The molecule has 28 heavy (non-hydrogen) atoms. The van der Waals surface area contributed by atoms with E-state index in [9.17, 15) is 13.2 Å². The van der Waals surface area contributed by atoms with Gasteiger partial charge in [-0.1, -0.05) is 29.8 Å². The third kappa shape index (κ3) is 4.76. The zero-order valence-electron chi connectivity index (χ0n) is 16.0. The van der Waals surface area contributed by atoms with Crippen molar-refractivity contribution in [1.82, 2.24) is 4.98 Å². The van der Waals surface area contributed by atoms with E-state index < -0.39 is 10.0 Å². The molecule has 0 atom stereocenters. The van der Waals surface area contributed by atoms with Crippen LogP contribution < -0.4 is 10.0 Å². The molecule has 0 aliphatic rings. The Morgan fingerprint density at radius 1 is 1.04 bits per heavy atom. The van der Waals surface area contributed by atoms with E-state index >= 15 is 0 Å². The van der Waals surface area contributed by atoms with Crippen LogP contribution in [-0.2, 0) is 10.0 Å². The summed E-state index contributed by atoms with van der Waals surface area (Å²) < 4.78 is 25.4. The summed E-state index contributed by atoms with van der Waals surface area (Å²) >= 11 is 1.34. The lowest BCUT2D eigenvalue weighted by atomic mass is 10.0. The molecular formula is C20H21N3O3S2. The predicted molar refractivity (Wildman–Crippen MR) is 115 cm³/mol. The van der Waals surface area contributed by atoms with E-state index in [0.29, 0.717) is 16.4 Å². The van der Waals surface area contributed by atoms with E-state index in [1.54, 1.807) is 19.1 Å². The Morgan fingerprint density at radius 3 is 2.46 bits per heavy atom. The van der Waals surface area contributed by atoms with Gasteiger partial charge in [-0.3, -0.25) is 14.8 Å². The molecule has 0 radical (unpaired) electrons. The van der Waals surface area contributed by atoms with Crippen LogP contribution in [0.25, 0.3) is 11.3 Å². The van der Waals surface area contributed by atoms with Gasteiger partial charge in [-0.25, -0.2) is 13.4 Å². The zero-order valence-corrected chi connectivity index (χ0v) is 17.7. The number of rotatable bonds is 5. The highest BCUT2D eigenvalue weighted by atomic mass is 32.2. The quantitative estimate of drug-likeness (QED) is 0.648. The minimum absolute atomic E-state index is 0.347. The van der Waals surface area contributed by atoms with Gasteiger partial charge in [0.15, 0.2) is 5.13 Å². The normalized spacial score (nSPS) is 11.3. The van der Waals surface area contributed by atoms with Crippen molar-refractivity contribution in [1.29, 1.82) is 0 Å². The number of nitrogens with one attached hydrogen (secondary N) is 2. The molecule has 0 unspecified atom stereocenters. The SMILES string of the molecule is Cc1ccc(-c2csc(NC(=O)c3ccc(C)c(NS(C)(=O)=O)c3)n2)c(C)c1. The summed E-state index contributed by atoms with van der Waals surface area (Å²) in [6, 6.07) is 11.0. The first-order valence-corrected chi connectivity index (χ1v) is 11.3. The van der Waals surface area contributed by atoms with Gasteiger partial charge in [0, 0.05) is 16.5 Å². The number of nitrogens with zero attached hydrogens (tertiary/aromatic N) is 1. The summed E-state index contributed by atoms with van der Waals surface area (Å²) in [6.45, 7) is 5.84. The molecule has 0 aliphatic heterocycles. The van der Waals surface area contributed by atoms with Crippen molar-refractivity contribution in [2.45, 2.75) is 20.8 Å². The van der Waals surface area contributed by atoms with Gasteiger partial charge >= 0.3 is 0 Å². The summed E-state index contributed by atoms with van der Waals surface area (Å²) in [5, 5.41) is 5.17. The highest BCUT2D eigenvalue weighted by Gasteiger charge is 2.14. The van der Waals surface area contributed by atoms with Gasteiger partial charge in [0.05, 0.1) is 17.6 Å². The van der Waals surface area contributed by atoms with Crippen molar-refractivity contribution >= 4 is 38.1 Å². The fourth-order valence-corrected chi connectivity index (χ4v) is 4.12. The average molecular weight is 416 g/mol. The number of sulfonamides is 1. The van der Waals surface area contributed by atoms with Crippen LogP contribution in [0.2, 0.25) is 0 Å². The standard InChI is InChI=1S/C20H21N3O3S2/c1-12-5-8-16(14(3)9-12)18-11-27-20(21-18)22-19(24)15-7-6-13(2)17(10-15)23-28(4,25)26/h5-11,23H,1-4H3,(H,21,22,24). The topological polar surface area (TPSA) is 88.2 Å². The lowest BCUT2D eigenvalue weighted by Gasteiger charge is -2.10. The van der Waals surface area contributed by atoms with E-state index in [-0.39, 0.29) is 5.91 Å². The number of amides is 1. The van der Waals surface area contributed by atoms with Crippen LogP contribution in [0.3, 0.4) is 0 Å². The average Bonchev–Trinajstić information content (AvgIpc) is 3.03. The van der Waals surface area contributed by atoms with Crippen LogP contribution in [-0.4, -0.2) is 25.6 Å². The van der Waals surface area contributed by atoms with Gasteiger partial charge in [-0.15, -0.1) is 11.3 Å². The Labute approximate surface area is 168 Å². The monoisotopic (exact) mass is 415 g/mol. The van der Waals surface area contributed by atoms with E-state index in [2.05, 4.69) is 21.1 Å². The molecule has 1 heterocycles. The van der Waals surface area contributed by atoms with Crippen LogP contribution in [0.5, 0.6) is 0 Å². The lowest BCUT2D eigenvalue weighted by Crippen LogP contribution is -2.14. The fraction of sp³-hybridized carbons (Fsp3) is 0.200. The van der Waals surface area contributed by atoms with Crippen molar-refractivity contribution in [3.63, 3.8) is 0 Å². The Hall–Kier alpha value is -2.71. The second-order valence-corrected chi connectivity index (χ2v) is 9.32. The molecule has 2 aromatic carbocycles. The van der Waals surface area contributed by atoms with Gasteiger partial charge in [-0.2, -0.15) is 0 Å². The third-order valence-electron chi connectivity index (χ3n) is 4.18. The molecule has 0 aliphatic carbocycles. The highest BCUT2D eigenvalue weighted by molar-refractivity contribution is 7.92. The Kier molecular flexibility index (Phi) is 5.53. The highest BCUT2D eigenvalue weighted by Crippen LogP contribution is 2.28. The Morgan fingerprint density at radius 2 is 1.79 bits per heavy atom. The number of hydrogen-bond donors (Lipinski definition) is 2. The first kappa shape index (κ1) is 20.0. The predicted octanol–water partition coefficient (Wildman–Crippen LogP) is 4.36. The lowest BCUT2D eigenvalue weighted by molar-refractivity contribution is 0.102.